The molecule has 1 heterocycles. The van der Waals surface area contributed by atoms with Crippen molar-refractivity contribution >= 4 is 11.9 Å². The fourth-order valence-corrected chi connectivity index (χ4v) is 1.95. The van der Waals surface area contributed by atoms with Crippen LogP contribution in [0.4, 0.5) is 0 Å². The molecule has 0 bridgehead atoms. The third-order valence-corrected chi connectivity index (χ3v) is 3.03. The van der Waals surface area contributed by atoms with E-state index in [4.69, 9.17) is 9.84 Å². The van der Waals surface area contributed by atoms with E-state index >= 15 is 0 Å². The van der Waals surface area contributed by atoms with Gasteiger partial charge < -0.3 is 14.7 Å². The Kier molecular flexibility index (Phi) is 5.26. The van der Waals surface area contributed by atoms with Gasteiger partial charge in [-0.25, -0.2) is 4.68 Å². The Morgan fingerprint density at radius 3 is 2.68 bits per heavy atom. The summed E-state index contributed by atoms with van der Waals surface area (Å²) < 4.78 is 6.48. The summed E-state index contributed by atoms with van der Waals surface area (Å²) in [6.07, 6.45) is 3.01. The molecule has 0 saturated heterocycles. The number of benzene rings is 1. The number of aliphatic carboxylic acids is 1. The van der Waals surface area contributed by atoms with Gasteiger partial charge in [0.1, 0.15) is 6.54 Å². The fourth-order valence-electron chi connectivity index (χ4n) is 1.95. The molecule has 0 spiro atoms. The molecule has 7 nitrogen and oxygen atoms in total. The van der Waals surface area contributed by atoms with E-state index in [2.05, 4.69) is 5.10 Å². The van der Waals surface area contributed by atoms with Crippen molar-refractivity contribution in [2.75, 3.05) is 26.8 Å². The molecule has 0 aliphatic heterocycles. The van der Waals surface area contributed by atoms with Crippen molar-refractivity contribution in [2.24, 2.45) is 0 Å². The molecule has 2 aromatic rings. The lowest BCUT2D eigenvalue weighted by atomic mass is 10.3. The zero-order chi connectivity index (χ0) is 15.9. The lowest BCUT2D eigenvalue weighted by Crippen LogP contribution is -2.37. The second-order valence-electron chi connectivity index (χ2n) is 4.62. The average Bonchev–Trinajstić information content (AvgIpc) is 3.01. The standard InChI is InChI=1S/C15H17N3O4/c1-22-8-7-17(11-14(19)20)15(21)12-9-16-18(10-12)13-5-3-2-4-6-13/h2-6,9-10H,7-8,11H2,1H3,(H,19,20). The Balaban J connectivity index is 2.16. The van der Waals surface area contributed by atoms with Crippen molar-refractivity contribution in [1.82, 2.24) is 14.7 Å². The SMILES string of the molecule is COCCN(CC(=O)O)C(=O)c1cnn(-c2ccccc2)c1. The molecule has 0 saturated carbocycles. The predicted molar refractivity (Wildman–Crippen MR) is 79.0 cm³/mol. The van der Waals surface area contributed by atoms with E-state index in [9.17, 15) is 9.59 Å². The molecule has 0 aliphatic rings. The van der Waals surface area contributed by atoms with Gasteiger partial charge in [0.25, 0.3) is 5.91 Å². The Bertz CT molecular complexity index is 639. The maximum atomic E-state index is 12.4. The van der Waals surface area contributed by atoms with Crippen LogP contribution in [0.3, 0.4) is 0 Å². The summed E-state index contributed by atoms with van der Waals surface area (Å²) >= 11 is 0. The zero-order valence-corrected chi connectivity index (χ0v) is 12.2. The van der Waals surface area contributed by atoms with Gasteiger partial charge >= 0.3 is 5.97 Å². The summed E-state index contributed by atoms with van der Waals surface area (Å²) in [7, 11) is 1.50. The third-order valence-electron chi connectivity index (χ3n) is 3.03. The number of methoxy groups -OCH3 is 1. The number of amides is 1. The number of carbonyl (C=O) groups excluding carboxylic acids is 1. The summed E-state index contributed by atoms with van der Waals surface area (Å²) in [4.78, 5) is 24.5. The first-order chi connectivity index (χ1) is 10.6. The maximum absolute atomic E-state index is 12.4. The highest BCUT2D eigenvalue weighted by Crippen LogP contribution is 2.10. The van der Waals surface area contributed by atoms with Gasteiger partial charge in [0, 0.05) is 19.9 Å². The number of para-hydroxylation sites is 1. The second-order valence-corrected chi connectivity index (χ2v) is 4.62. The van der Waals surface area contributed by atoms with E-state index in [-0.39, 0.29) is 25.6 Å². The van der Waals surface area contributed by atoms with Crippen LogP contribution >= 0.6 is 0 Å². The van der Waals surface area contributed by atoms with Crippen LogP contribution in [0.15, 0.2) is 42.7 Å². The minimum atomic E-state index is -1.07. The smallest absolute Gasteiger partial charge is 0.323 e. The number of hydrogen-bond donors (Lipinski definition) is 1. The number of aromatic nitrogens is 2. The molecule has 7 heteroatoms. The minimum Gasteiger partial charge on any atom is -0.480 e. The van der Waals surface area contributed by atoms with E-state index in [0.717, 1.165) is 5.69 Å². The van der Waals surface area contributed by atoms with Crippen molar-refractivity contribution in [3.05, 3.63) is 48.3 Å². The maximum Gasteiger partial charge on any atom is 0.323 e. The highest BCUT2D eigenvalue weighted by Gasteiger charge is 2.20. The number of nitrogens with zero attached hydrogens (tertiary/aromatic N) is 3. The van der Waals surface area contributed by atoms with Gasteiger partial charge in [0.15, 0.2) is 0 Å². The van der Waals surface area contributed by atoms with E-state index in [1.165, 1.54) is 18.2 Å². The minimum absolute atomic E-state index is 0.206. The molecule has 0 radical (unpaired) electrons. The molecular weight excluding hydrogens is 286 g/mol. The van der Waals surface area contributed by atoms with Crippen molar-refractivity contribution in [3.8, 4) is 5.69 Å². The molecule has 0 aliphatic carbocycles. The van der Waals surface area contributed by atoms with Crippen molar-refractivity contribution in [1.29, 1.82) is 0 Å². The second kappa shape index (κ2) is 7.37. The van der Waals surface area contributed by atoms with E-state index in [1.54, 1.807) is 10.9 Å². The zero-order valence-electron chi connectivity index (χ0n) is 12.2. The molecular formula is C15H17N3O4. The number of carboxylic acid groups (broad SMARTS) is 1. The Morgan fingerprint density at radius 2 is 2.05 bits per heavy atom. The highest BCUT2D eigenvalue weighted by atomic mass is 16.5. The van der Waals surface area contributed by atoms with Crippen molar-refractivity contribution < 1.29 is 19.4 Å². The lowest BCUT2D eigenvalue weighted by molar-refractivity contribution is -0.137. The van der Waals surface area contributed by atoms with Crippen LogP contribution in [0.25, 0.3) is 5.69 Å². The number of carboxylic acids is 1. The van der Waals surface area contributed by atoms with Gasteiger partial charge in [-0.2, -0.15) is 5.10 Å². The monoisotopic (exact) mass is 303 g/mol. The topological polar surface area (TPSA) is 84.7 Å². The van der Waals surface area contributed by atoms with Crippen LogP contribution < -0.4 is 0 Å². The van der Waals surface area contributed by atoms with Crippen LogP contribution in [0.2, 0.25) is 0 Å². The number of hydrogen-bond acceptors (Lipinski definition) is 4. The summed E-state index contributed by atoms with van der Waals surface area (Å²) in [6.45, 7) is 0.0999. The van der Waals surface area contributed by atoms with E-state index in [0.29, 0.717) is 5.56 Å². The van der Waals surface area contributed by atoms with Crippen LogP contribution in [-0.2, 0) is 9.53 Å². The number of rotatable bonds is 7. The molecule has 1 N–H and O–H groups in total. The fraction of sp³-hybridized carbons (Fsp3) is 0.267. The number of carbonyl (C=O) groups is 2. The first-order valence-corrected chi connectivity index (χ1v) is 6.72. The molecule has 1 aromatic heterocycles. The van der Waals surface area contributed by atoms with Crippen LogP contribution in [0.5, 0.6) is 0 Å². The Morgan fingerprint density at radius 1 is 1.32 bits per heavy atom. The molecule has 116 valence electrons. The molecule has 1 amide bonds. The third kappa shape index (κ3) is 3.92. The first kappa shape index (κ1) is 15.7. The largest absolute Gasteiger partial charge is 0.480 e. The molecule has 0 unspecified atom stereocenters. The molecule has 0 fully saturated rings. The summed E-state index contributed by atoms with van der Waals surface area (Å²) in [6, 6.07) is 9.35. The van der Waals surface area contributed by atoms with Crippen LogP contribution in [0.1, 0.15) is 10.4 Å². The summed E-state index contributed by atoms with van der Waals surface area (Å²) in [5, 5.41) is 13.0. The van der Waals surface area contributed by atoms with Gasteiger partial charge in [-0.1, -0.05) is 18.2 Å². The van der Waals surface area contributed by atoms with Crippen LogP contribution in [-0.4, -0.2) is 58.5 Å². The van der Waals surface area contributed by atoms with E-state index < -0.39 is 5.97 Å². The van der Waals surface area contributed by atoms with Crippen LogP contribution in [0, 0.1) is 0 Å². The van der Waals surface area contributed by atoms with Gasteiger partial charge in [-0.05, 0) is 12.1 Å². The Hall–Kier alpha value is -2.67. The summed E-state index contributed by atoms with van der Waals surface area (Å²) in [5.41, 5.74) is 1.16. The molecule has 0 atom stereocenters. The normalized spacial score (nSPS) is 10.4. The Labute approximate surface area is 127 Å². The molecule has 2 rings (SSSR count). The predicted octanol–water partition coefficient (Wildman–Crippen LogP) is 1.05. The average molecular weight is 303 g/mol. The van der Waals surface area contributed by atoms with Crippen molar-refractivity contribution in [3.63, 3.8) is 0 Å². The van der Waals surface area contributed by atoms with Gasteiger partial charge in [0.05, 0.1) is 24.1 Å². The molecule has 22 heavy (non-hydrogen) atoms. The number of ether oxygens (including phenoxy) is 1. The first-order valence-electron chi connectivity index (χ1n) is 6.72. The van der Waals surface area contributed by atoms with E-state index in [1.807, 2.05) is 30.3 Å². The van der Waals surface area contributed by atoms with Gasteiger partial charge in [0.2, 0.25) is 0 Å². The summed E-state index contributed by atoms with van der Waals surface area (Å²) in [5.74, 6) is -1.46. The highest BCUT2D eigenvalue weighted by molar-refractivity contribution is 5.95. The van der Waals surface area contributed by atoms with Crippen molar-refractivity contribution in [2.45, 2.75) is 0 Å². The quantitative estimate of drug-likeness (QED) is 0.826. The van der Waals surface area contributed by atoms with Gasteiger partial charge in [-0.3, -0.25) is 9.59 Å². The molecule has 1 aromatic carbocycles. The van der Waals surface area contributed by atoms with Gasteiger partial charge in [-0.15, -0.1) is 0 Å². The lowest BCUT2D eigenvalue weighted by Gasteiger charge is -2.19.